The van der Waals surface area contributed by atoms with Crippen molar-refractivity contribution in [3.05, 3.63) is 113 Å². The number of ether oxygens (including phenoxy) is 1. The van der Waals surface area contributed by atoms with Crippen LogP contribution in [0.25, 0.3) is 0 Å². The Morgan fingerprint density at radius 3 is 2.61 bits per heavy atom. The SMILES string of the molecule is Cc1cccc(C(=O)N2CCc3nc(N(C)Cc4ccccc4)nc(Oc4cccc(F)c4)c3C2)c1. The first-order valence-electron chi connectivity index (χ1n) is 11.9. The number of benzene rings is 3. The first kappa shape index (κ1) is 23.5. The Kier molecular flexibility index (Phi) is 6.62. The molecule has 36 heavy (non-hydrogen) atoms. The molecule has 0 saturated heterocycles. The summed E-state index contributed by atoms with van der Waals surface area (Å²) in [6, 6.07) is 23.6. The van der Waals surface area contributed by atoms with Crippen LogP contribution in [-0.4, -0.2) is 34.4 Å². The Morgan fingerprint density at radius 1 is 1.03 bits per heavy atom. The zero-order chi connectivity index (χ0) is 25.1. The van der Waals surface area contributed by atoms with Crippen LogP contribution in [0, 0.1) is 12.7 Å². The first-order chi connectivity index (χ1) is 17.5. The number of carbonyl (C=O) groups is 1. The average Bonchev–Trinajstić information content (AvgIpc) is 2.88. The maximum Gasteiger partial charge on any atom is 0.254 e. The molecule has 5 rings (SSSR count). The molecule has 7 heteroatoms. The zero-order valence-electron chi connectivity index (χ0n) is 20.3. The molecule has 0 spiro atoms. The fourth-order valence-electron chi connectivity index (χ4n) is 4.33. The molecule has 0 aliphatic carbocycles. The van der Waals surface area contributed by atoms with Crippen LogP contribution in [0.5, 0.6) is 11.6 Å². The fourth-order valence-corrected chi connectivity index (χ4v) is 4.33. The molecule has 0 bridgehead atoms. The van der Waals surface area contributed by atoms with Crippen LogP contribution in [0.1, 0.15) is 32.7 Å². The second kappa shape index (κ2) is 10.2. The zero-order valence-corrected chi connectivity index (χ0v) is 20.3. The minimum absolute atomic E-state index is 0.0497. The van der Waals surface area contributed by atoms with Gasteiger partial charge in [0, 0.05) is 38.2 Å². The van der Waals surface area contributed by atoms with Gasteiger partial charge in [0.1, 0.15) is 11.6 Å². The predicted octanol–water partition coefficient (Wildman–Crippen LogP) is 5.55. The van der Waals surface area contributed by atoms with Crippen LogP contribution in [-0.2, 0) is 19.5 Å². The van der Waals surface area contributed by atoms with E-state index in [1.54, 1.807) is 17.0 Å². The van der Waals surface area contributed by atoms with Gasteiger partial charge in [0.25, 0.3) is 5.91 Å². The maximum atomic E-state index is 13.9. The van der Waals surface area contributed by atoms with Crippen molar-refractivity contribution < 1.29 is 13.9 Å². The average molecular weight is 483 g/mol. The Balaban J connectivity index is 1.48. The molecule has 4 aromatic rings. The molecule has 0 saturated carbocycles. The summed E-state index contributed by atoms with van der Waals surface area (Å²) >= 11 is 0. The van der Waals surface area contributed by atoms with Crippen molar-refractivity contribution in [3.63, 3.8) is 0 Å². The number of anilines is 1. The third-order valence-electron chi connectivity index (χ3n) is 6.18. The highest BCUT2D eigenvalue weighted by molar-refractivity contribution is 5.94. The molecule has 2 heterocycles. The summed E-state index contributed by atoms with van der Waals surface area (Å²) in [7, 11) is 1.93. The Morgan fingerprint density at radius 2 is 1.83 bits per heavy atom. The summed E-state index contributed by atoms with van der Waals surface area (Å²) in [4.78, 5) is 26.5. The number of carbonyl (C=O) groups excluding carboxylic acids is 1. The van der Waals surface area contributed by atoms with Gasteiger partial charge in [0.15, 0.2) is 0 Å². The lowest BCUT2D eigenvalue weighted by molar-refractivity contribution is 0.0732. The quantitative estimate of drug-likeness (QED) is 0.361. The minimum Gasteiger partial charge on any atom is -0.438 e. The molecule has 0 fully saturated rings. The van der Waals surface area contributed by atoms with Crippen LogP contribution in [0.15, 0.2) is 78.9 Å². The van der Waals surface area contributed by atoms with Gasteiger partial charge in [-0.05, 0) is 36.8 Å². The number of amides is 1. The van der Waals surface area contributed by atoms with E-state index < -0.39 is 5.82 Å². The number of rotatable bonds is 6. The molecule has 0 N–H and O–H groups in total. The van der Waals surface area contributed by atoms with Gasteiger partial charge in [-0.15, -0.1) is 0 Å². The number of aryl methyl sites for hydroxylation is 1. The van der Waals surface area contributed by atoms with Gasteiger partial charge in [-0.2, -0.15) is 4.98 Å². The van der Waals surface area contributed by atoms with E-state index in [4.69, 9.17) is 14.7 Å². The molecule has 1 aliphatic heterocycles. The molecule has 0 atom stereocenters. The summed E-state index contributed by atoms with van der Waals surface area (Å²) in [5, 5.41) is 0. The number of hydrogen-bond donors (Lipinski definition) is 0. The first-order valence-corrected chi connectivity index (χ1v) is 11.9. The number of halogens is 1. The predicted molar refractivity (Wildman–Crippen MR) is 137 cm³/mol. The Labute approximate surface area is 210 Å². The Hall–Kier alpha value is -4.26. The molecule has 1 aromatic heterocycles. The van der Waals surface area contributed by atoms with E-state index in [2.05, 4.69) is 0 Å². The summed E-state index contributed by atoms with van der Waals surface area (Å²) < 4.78 is 20.0. The van der Waals surface area contributed by atoms with Crippen LogP contribution < -0.4 is 9.64 Å². The van der Waals surface area contributed by atoms with Gasteiger partial charge in [-0.3, -0.25) is 4.79 Å². The van der Waals surface area contributed by atoms with E-state index >= 15 is 0 Å². The topological polar surface area (TPSA) is 58.6 Å². The maximum absolute atomic E-state index is 13.9. The molecule has 182 valence electrons. The lowest BCUT2D eigenvalue weighted by Crippen LogP contribution is -2.37. The smallest absolute Gasteiger partial charge is 0.254 e. The van der Waals surface area contributed by atoms with Crippen LogP contribution in [0.2, 0.25) is 0 Å². The fraction of sp³-hybridized carbons (Fsp3) is 0.207. The molecule has 6 nitrogen and oxygen atoms in total. The van der Waals surface area contributed by atoms with E-state index in [1.807, 2.05) is 73.5 Å². The number of nitrogens with zero attached hydrogens (tertiary/aromatic N) is 4. The number of hydrogen-bond acceptors (Lipinski definition) is 5. The number of fused-ring (bicyclic) bond motifs is 1. The lowest BCUT2D eigenvalue weighted by atomic mass is 10.0. The van der Waals surface area contributed by atoms with Crippen LogP contribution in [0.4, 0.5) is 10.3 Å². The molecule has 1 amide bonds. The number of aromatic nitrogens is 2. The highest BCUT2D eigenvalue weighted by atomic mass is 19.1. The summed E-state index contributed by atoms with van der Waals surface area (Å²) in [5.74, 6) is 0.749. The van der Waals surface area contributed by atoms with Crippen molar-refractivity contribution in [1.82, 2.24) is 14.9 Å². The molecule has 0 radical (unpaired) electrons. The highest BCUT2D eigenvalue weighted by Gasteiger charge is 2.28. The lowest BCUT2D eigenvalue weighted by Gasteiger charge is -2.30. The van der Waals surface area contributed by atoms with E-state index in [0.717, 1.165) is 22.4 Å². The third-order valence-corrected chi connectivity index (χ3v) is 6.18. The summed E-state index contributed by atoms with van der Waals surface area (Å²) in [5.41, 5.74) is 4.38. The Bertz CT molecular complexity index is 1390. The molecule has 0 unspecified atom stereocenters. The van der Waals surface area contributed by atoms with Gasteiger partial charge >= 0.3 is 0 Å². The highest BCUT2D eigenvalue weighted by Crippen LogP contribution is 2.32. The van der Waals surface area contributed by atoms with Gasteiger partial charge in [-0.1, -0.05) is 54.1 Å². The molecule has 1 aliphatic rings. The van der Waals surface area contributed by atoms with Crippen molar-refractivity contribution in [2.24, 2.45) is 0 Å². The minimum atomic E-state index is -0.395. The van der Waals surface area contributed by atoms with Crippen LogP contribution in [0.3, 0.4) is 0 Å². The van der Waals surface area contributed by atoms with Crippen molar-refractivity contribution in [2.45, 2.75) is 26.4 Å². The molecular weight excluding hydrogens is 455 g/mol. The van der Waals surface area contributed by atoms with E-state index in [0.29, 0.717) is 49.2 Å². The van der Waals surface area contributed by atoms with Gasteiger partial charge in [0.2, 0.25) is 11.8 Å². The van der Waals surface area contributed by atoms with Gasteiger partial charge in [0.05, 0.1) is 17.8 Å². The van der Waals surface area contributed by atoms with Crippen molar-refractivity contribution in [2.75, 3.05) is 18.5 Å². The normalized spacial score (nSPS) is 12.7. The third kappa shape index (κ3) is 5.20. The monoisotopic (exact) mass is 482 g/mol. The van der Waals surface area contributed by atoms with Crippen molar-refractivity contribution in [1.29, 1.82) is 0 Å². The standard InChI is InChI=1S/C29H27FN4O2/c1-20-8-6-11-22(16-20)28(35)34-15-14-26-25(19-34)27(36-24-13-7-12-23(30)17-24)32-29(31-26)33(2)18-21-9-4-3-5-10-21/h3-13,16-17H,14-15,18-19H2,1-2H3. The molecule has 3 aromatic carbocycles. The molecular formula is C29H27FN4O2. The second-order valence-electron chi connectivity index (χ2n) is 9.00. The van der Waals surface area contributed by atoms with Crippen LogP contribution >= 0.6 is 0 Å². The van der Waals surface area contributed by atoms with Crippen molar-refractivity contribution >= 4 is 11.9 Å². The van der Waals surface area contributed by atoms with Crippen molar-refractivity contribution in [3.8, 4) is 11.6 Å². The van der Waals surface area contributed by atoms with E-state index in [1.165, 1.54) is 12.1 Å². The second-order valence-corrected chi connectivity index (χ2v) is 9.00. The van der Waals surface area contributed by atoms with Gasteiger partial charge in [-0.25, -0.2) is 9.37 Å². The van der Waals surface area contributed by atoms with Gasteiger partial charge < -0.3 is 14.5 Å². The summed E-state index contributed by atoms with van der Waals surface area (Å²) in [6.07, 6.45) is 0.571. The van der Waals surface area contributed by atoms with E-state index in [9.17, 15) is 9.18 Å². The summed E-state index contributed by atoms with van der Waals surface area (Å²) in [6.45, 7) is 3.44. The largest absolute Gasteiger partial charge is 0.438 e. The van der Waals surface area contributed by atoms with E-state index in [-0.39, 0.29) is 5.91 Å².